The Balaban J connectivity index is 4.19. The summed E-state index contributed by atoms with van der Waals surface area (Å²) in [5.74, 6) is 0.699. The third-order valence-electron chi connectivity index (χ3n) is 1.86. The topological polar surface area (TPSA) is 37.4 Å². The predicted molar refractivity (Wildman–Crippen MR) is 61.2 cm³/mol. The summed E-state index contributed by atoms with van der Waals surface area (Å²) < 4.78 is 24.7. The minimum atomic E-state index is -3.10. The molecule has 0 aromatic heterocycles. The Hall–Kier alpha value is -0.0600. The fourth-order valence-electron chi connectivity index (χ4n) is 1.09. The van der Waals surface area contributed by atoms with E-state index in [-0.39, 0.29) is 5.75 Å². The summed E-state index contributed by atoms with van der Waals surface area (Å²) in [6.45, 7) is 6.24. The van der Waals surface area contributed by atoms with E-state index in [1.54, 1.807) is 6.08 Å². The third-order valence-corrected chi connectivity index (χ3v) is 4.13. The van der Waals surface area contributed by atoms with Crippen molar-refractivity contribution in [3.8, 4) is 0 Å². The van der Waals surface area contributed by atoms with E-state index in [2.05, 4.69) is 6.58 Å². The molecule has 0 aliphatic rings. The molecule has 0 fully saturated rings. The van der Waals surface area contributed by atoms with Gasteiger partial charge in [-0.2, -0.15) is 4.31 Å². The van der Waals surface area contributed by atoms with Crippen LogP contribution in [0.25, 0.3) is 0 Å². The van der Waals surface area contributed by atoms with Crippen molar-refractivity contribution in [1.82, 2.24) is 4.31 Å². The van der Waals surface area contributed by atoms with Gasteiger partial charge >= 0.3 is 0 Å². The highest BCUT2D eigenvalue weighted by atomic mass is 35.5. The number of halogens is 1. The molecule has 84 valence electrons. The van der Waals surface area contributed by atoms with Gasteiger partial charge in [0.15, 0.2) is 0 Å². The van der Waals surface area contributed by atoms with Gasteiger partial charge in [-0.3, -0.25) is 0 Å². The molecule has 0 saturated heterocycles. The molecule has 14 heavy (non-hydrogen) atoms. The van der Waals surface area contributed by atoms with Gasteiger partial charge in [-0.25, -0.2) is 8.42 Å². The normalized spacial score (nSPS) is 11.9. The molecular weight excluding hydrogens is 222 g/mol. The Bertz CT molecular complexity index is 252. The minimum Gasteiger partial charge on any atom is -0.212 e. The van der Waals surface area contributed by atoms with Crippen LogP contribution < -0.4 is 0 Å². The Morgan fingerprint density at radius 2 is 2.07 bits per heavy atom. The molecule has 0 unspecified atom stereocenters. The van der Waals surface area contributed by atoms with Crippen LogP contribution in [-0.2, 0) is 10.0 Å². The second-order valence-electron chi connectivity index (χ2n) is 2.95. The molecule has 0 radical (unpaired) electrons. The summed E-state index contributed by atoms with van der Waals surface area (Å²) in [6, 6.07) is 0. The first-order valence-electron chi connectivity index (χ1n) is 4.73. The summed E-state index contributed by atoms with van der Waals surface area (Å²) in [5, 5.41) is 0. The molecule has 0 aliphatic carbocycles. The van der Waals surface area contributed by atoms with Crippen molar-refractivity contribution in [2.24, 2.45) is 0 Å². The molecule has 0 spiro atoms. The van der Waals surface area contributed by atoms with Crippen LogP contribution in [0.5, 0.6) is 0 Å². The summed E-state index contributed by atoms with van der Waals surface area (Å²) in [7, 11) is -3.10. The summed E-state index contributed by atoms with van der Waals surface area (Å²) >= 11 is 5.48. The number of hydrogen-bond donors (Lipinski definition) is 0. The molecule has 0 aliphatic heterocycles. The Morgan fingerprint density at radius 1 is 1.43 bits per heavy atom. The molecule has 0 bridgehead atoms. The van der Waals surface area contributed by atoms with E-state index in [9.17, 15) is 8.42 Å². The van der Waals surface area contributed by atoms with Crippen LogP contribution in [0, 0.1) is 0 Å². The first-order chi connectivity index (χ1) is 6.58. The summed E-state index contributed by atoms with van der Waals surface area (Å²) in [6.07, 6.45) is 2.97. The van der Waals surface area contributed by atoms with E-state index in [1.165, 1.54) is 4.31 Å². The van der Waals surface area contributed by atoms with Gasteiger partial charge in [-0.1, -0.05) is 13.0 Å². The lowest BCUT2D eigenvalue weighted by Crippen LogP contribution is -2.33. The van der Waals surface area contributed by atoms with Crippen molar-refractivity contribution in [2.45, 2.75) is 19.8 Å². The number of alkyl halides is 1. The number of likely N-dealkylation sites (N-methyl/N-ethyl adjacent to an activating group) is 1. The number of rotatable bonds is 8. The first-order valence-corrected chi connectivity index (χ1v) is 6.87. The molecule has 0 N–H and O–H groups in total. The van der Waals surface area contributed by atoms with Crippen molar-refractivity contribution in [1.29, 1.82) is 0 Å². The molecule has 0 saturated carbocycles. The van der Waals surface area contributed by atoms with Gasteiger partial charge in [-0.05, 0) is 12.8 Å². The second kappa shape index (κ2) is 7.26. The monoisotopic (exact) mass is 239 g/mol. The molecular formula is C9H18ClNO2S. The summed E-state index contributed by atoms with van der Waals surface area (Å²) in [5.41, 5.74) is 0. The lowest BCUT2D eigenvalue weighted by molar-refractivity contribution is 0.458. The van der Waals surface area contributed by atoms with Gasteiger partial charge in [-0.15, -0.1) is 18.2 Å². The Morgan fingerprint density at radius 3 is 2.50 bits per heavy atom. The van der Waals surface area contributed by atoms with Crippen molar-refractivity contribution in [3.05, 3.63) is 12.7 Å². The zero-order valence-corrected chi connectivity index (χ0v) is 10.1. The van der Waals surface area contributed by atoms with E-state index < -0.39 is 10.0 Å². The maximum Gasteiger partial charge on any atom is 0.214 e. The van der Waals surface area contributed by atoms with Crippen LogP contribution in [0.3, 0.4) is 0 Å². The average molecular weight is 240 g/mol. The van der Waals surface area contributed by atoms with Gasteiger partial charge in [0, 0.05) is 19.0 Å². The van der Waals surface area contributed by atoms with Gasteiger partial charge in [0.05, 0.1) is 5.75 Å². The van der Waals surface area contributed by atoms with Crippen molar-refractivity contribution < 1.29 is 8.42 Å². The van der Waals surface area contributed by atoms with E-state index in [0.29, 0.717) is 25.4 Å². The first kappa shape index (κ1) is 13.9. The molecule has 0 heterocycles. The van der Waals surface area contributed by atoms with Crippen LogP contribution in [0.4, 0.5) is 0 Å². The van der Waals surface area contributed by atoms with Crippen molar-refractivity contribution in [2.75, 3.05) is 24.7 Å². The molecule has 3 nitrogen and oxygen atoms in total. The fraction of sp³-hybridized carbons (Fsp3) is 0.778. The molecule has 0 aromatic carbocycles. The Kier molecular flexibility index (Phi) is 7.23. The zero-order valence-electron chi connectivity index (χ0n) is 8.58. The predicted octanol–water partition coefficient (Wildman–Crippen LogP) is 1.84. The SMILES string of the molecule is C=CCN(CC)S(=O)(=O)CCCCCl. The number of nitrogens with zero attached hydrogens (tertiary/aromatic N) is 1. The highest BCUT2D eigenvalue weighted by Crippen LogP contribution is 2.05. The maximum atomic E-state index is 11.7. The lowest BCUT2D eigenvalue weighted by atomic mass is 10.4. The van der Waals surface area contributed by atoms with Gasteiger partial charge in [0.25, 0.3) is 0 Å². The smallest absolute Gasteiger partial charge is 0.212 e. The number of hydrogen-bond acceptors (Lipinski definition) is 2. The van der Waals surface area contributed by atoms with E-state index >= 15 is 0 Å². The van der Waals surface area contributed by atoms with Crippen LogP contribution in [0.2, 0.25) is 0 Å². The van der Waals surface area contributed by atoms with Crippen LogP contribution in [0.1, 0.15) is 19.8 Å². The lowest BCUT2D eigenvalue weighted by Gasteiger charge is -2.18. The largest absolute Gasteiger partial charge is 0.214 e. The molecule has 5 heteroatoms. The summed E-state index contributed by atoms with van der Waals surface area (Å²) in [4.78, 5) is 0. The fourth-order valence-corrected chi connectivity index (χ4v) is 2.83. The quantitative estimate of drug-likeness (QED) is 0.368. The Labute approximate surface area is 91.8 Å². The van der Waals surface area contributed by atoms with Crippen LogP contribution in [-0.4, -0.2) is 37.4 Å². The molecule has 0 aromatic rings. The zero-order chi connectivity index (χ0) is 11.0. The van der Waals surface area contributed by atoms with Crippen LogP contribution in [0.15, 0.2) is 12.7 Å². The molecule has 0 rings (SSSR count). The average Bonchev–Trinajstić information content (AvgIpc) is 2.14. The highest BCUT2D eigenvalue weighted by Gasteiger charge is 2.17. The van der Waals surface area contributed by atoms with Gasteiger partial charge in [0.1, 0.15) is 0 Å². The number of unbranched alkanes of at least 4 members (excludes halogenated alkanes) is 1. The highest BCUT2D eigenvalue weighted by molar-refractivity contribution is 7.89. The van der Waals surface area contributed by atoms with Crippen molar-refractivity contribution in [3.63, 3.8) is 0 Å². The molecule has 0 amide bonds. The standard InChI is InChI=1S/C9H18ClNO2S/c1-3-8-11(4-2)14(12,13)9-6-5-7-10/h3H,1,4-9H2,2H3. The third kappa shape index (κ3) is 4.98. The minimum absolute atomic E-state index is 0.182. The van der Waals surface area contributed by atoms with E-state index in [0.717, 1.165) is 6.42 Å². The van der Waals surface area contributed by atoms with Crippen molar-refractivity contribution >= 4 is 21.6 Å². The number of sulfonamides is 1. The van der Waals surface area contributed by atoms with E-state index in [4.69, 9.17) is 11.6 Å². The van der Waals surface area contributed by atoms with Gasteiger partial charge in [0.2, 0.25) is 10.0 Å². The van der Waals surface area contributed by atoms with Gasteiger partial charge < -0.3 is 0 Å². The van der Waals surface area contributed by atoms with Crippen LogP contribution >= 0.6 is 11.6 Å². The van der Waals surface area contributed by atoms with E-state index in [1.807, 2.05) is 6.92 Å². The molecule has 0 atom stereocenters. The second-order valence-corrected chi connectivity index (χ2v) is 5.42. The maximum absolute atomic E-state index is 11.7.